The van der Waals surface area contributed by atoms with Crippen LogP contribution in [0.2, 0.25) is 0 Å². The van der Waals surface area contributed by atoms with Gasteiger partial charge < -0.3 is 14.9 Å². The molecule has 0 bridgehead atoms. The number of nitrogens with two attached hydrogens (primary N) is 1. The molecule has 2 N–H and O–H groups in total. The van der Waals surface area contributed by atoms with Gasteiger partial charge in [-0.3, -0.25) is 4.90 Å². The van der Waals surface area contributed by atoms with Crippen LogP contribution in [0.3, 0.4) is 0 Å². The predicted molar refractivity (Wildman–Crippen MR) is 71.3 cm³/mol. The number of nitrogens with zero attached hydrogens (tertiary/aromatic N) is 1. The highest BCUT2D eigenvalue weighted by atomic mass is 16.5. The smallest absolute Gasteiger partial charge is 0.122 e. The Morgan fingerprint density at radius 2 is 2.39 bits per heavy atom. The van der Waals surface area contributed by atoms with Gasteiger partial charge in [0, 0.05) is 19.2 Å². The van der Waals surface area contributed by atoms with Gasteiger partial charge in [-0.2, -0.15) is 0 Å². The molecule has 1 aliphatic rings. The number of hydrogen-bond donors (Lipinski definition) is 1. The first-order chi connectivity index (χ1) is 8.68. The van der Waals surface area contributed by atoms with Crippen molar-refractivity contribution in [1.82, 2.24) is 4.90 Å². The van der Waals surface area contributed by atoms with Crippen LogP contribution in [0.4, 0.5) is 0 Å². The average molecular weight is 252 g/mol. The van der Waals surface area contributed by atoms with Crippen LogP contribution in [0.15, 0.2) is 22.8 Å². The topological polar surface area (TPSA) is 51.6 Å². The standard InChI is InChI=1S/C14H24N2O2/c1-11(15)14(13-6-4-8-18-13)16(2)9-12-5-3-7-17-10-12/h4,6,8,11-12,14H,3,5,7,9-10,15H2,1-2H3. The molecular weight excluding hydrogens is 228 g/mol. The molecule has 2 heterocycles. The van der Waals surface area contributed by atoms with E-state index >= 15 is 0 Å². The largest absolute Gasteiger partial charge is 0.468 e. The lowest BCUT2D eigenvalue weighted by Crippen LogP contribution is -2.40. The summed E-state index contributed by atoms with van der Waals surface area (Å²) in [6.45, 7) is 4.82. The summed E-state index contributed by atoms with van der Waals surface area (Å²) in [6.07, 6.45) is 4.12. The molecule has 0 spiro atoms. The molecule has 0 amide bonds. The summed E-state index contributed by atoms with van der Waals surface area (Å²) in [5.74, 6) is 1.56. The van der Waals surface area contributed by atoms with Crippen molar-refractivity contribution in [3.8, 4) is 0 Å². The van der Waals surface area contributed by atoms with Gasteiger partial charge in [0.2, 0.25) is 0 Å². The first kappa shape index (κ1) is 13.6. The zero-order valence-electron chi connectivity index (χ0n) is 11.3. The molecule has 3 atom stereocenters. The lowest BCUT2D eigenvalue weighted by atomic mass is 9.99. The molecule has 0 aliphatic carbocycles. The summed E-state index contributed by atoms with van der Waals surface area (Å²) < 4.78 is 11.0. The van der Waals surface area contributed by atoms with Gasteiger partial charge in [-0.05, 0) is 44.9 Å². The molecule has 1 fully saturated rings. The van der Waals surface area contributed by atoms with Gasteiger partial charge in [-0.1, -0.05) is 0 Å². The summed E-state index contributed by atoms with van der Waals surface area (Å²) in [6, 6.07) is 4.11. The molecule has 18 heavy (non-hydrogen) atoms. The predicted octanol–water partition coefficient (Wildman–Crippen LogP) is 2.03. The lowest BCUT2D eigenvalue weighted by molar-refractivity contribution is 0.0325. The van der Waals surface area contributed by atoms with Crippen LogP contribution in [0.25, 0.3) is 0 Å². The fourth-order valence-corrected chi connectivity index (χ4v) is 2.81. The summed E-state index contributed by atoms with van der Waals surface area (Å²) in [5.41, 5.74) is 6.10. The Hall–Kier alpha value is -0.840. The Labute approximate surface area is 109 Å². The van der Waals surface area contributed by atoms with E-state index in [1.165, 1.54) is 12.8 Å². The first-order valence-electron chi connectivity index (χ1n) is 6.75. The zero-order chi connectivity index (χ0) is 13.0. The summed E-state index contributed by atoms with van der Waals surface area (Å²) >= 11 is 0. The van der Waals surface area contributed by atoms with Gasteiger partial charge in [0.1, 0.15) is 5.76 Å². The minimum atomic E-state index is 0.0469. The van der Waals surface area contributed by atoms with Gasteiger partial charge in [0.05, 0.1) is 18.9 Å². The second kappa shape index (κ2) is 6.36. The van der Waals surface area contributed by atoms with E-state index in [1.54, 1.807) is 6.26 Å². The van der Waals surface area contributed by atoms with Crippen LogP contribution < -0.4 is 5.73 Å². The number of furan rings is 1. The van der Waals surface area contributed by atoms with E-state index in [9.17, 15) is 0 Å². The molecule has 4 heteroatoms. The van der Waals surface area contributed by atoms with Crippen molar-refractivity contribution in [2.45, 2.75) is 31.8 Å². The molecule has 1 saturated heterocycles. The molecular formula is C14H24N2O2. The molecule has 0 saturated carbocycles. The molecule has 1 aliphatic heterocycles. The van der Waals surface area contributed by atoms with Crippen LogP contribution in [-0.4, -0.2) is 37.7 Å². The summed E-state index contributed by atoms with van der Waals surface area (Å²) in [7, 11) is 2.12. The van der Waals surface area contributed by atoms with E-state index < -0.39 is 0 Å². The maximum absolute atomic E-state index is 6.10. The van der Waals surface area contributed by atoms with Crippen molar-refractivity contribution < 1.29 is 9.15 Å². The Morgan fingerprint density at radius 3 is 2.94 bits per heavy atom. The van der Waals surface area contributed by atoms with E-state index in [1.807, 2.05) is 19.1 Å². The average Bonchev–Trinajstić information content (AvgIpc) is 2.83. The normalized spacial score (nSPS) is 24.1. The highest BCUT2D eigenvalue weighted by Gasteiger charge is 2.26. The molecule has 4 nitrogen and oxygen atoms in total. The fraction of sp³-hybridized carbons (Fsp3) is 0.714. The summed E-state index contributed by atoms with van der Waals surface area (Å²) in [5, 5.41) is 0. The van der Waals surface area contributed by atoms with E-state index in [-0.39, 0.29) is 12.1 Å². The maximum atomic E-state index is 6.10. The third-order valence-corrected chi connectivity index (χ3v) is 3.61. The van der Waals surface area contributed by atoms with Crippen molar-refractivity contribution in [1.29, 1.82) is 0 Å². The van der Waals surface area contributed by atoms with Crippen molar-refractivity contribution in [3.05, 3.63) is 24.2 Å². The van der Waals surface area contributed by atoms with Gasteiger partial charge in [-0.25, -0.2) is 0 Å². The minimum Gasteiger partial charge on any atom is -0.468 e. The number of likely N-dealkylation sites (N-methyl/N-ethyl adjacent to an activating group) is 1. The Morgan fingerprint density at radius 1 is 1.56 bits per heavy atom. The molecule has 0 aromatic carbocycles. The van der Waals surface area contributed by atoms with E-state index in [2.05, 4.69) is 11.9 Å². The van der Waals surface area contributed by atoms with Gasteiger partial charge in [-0.15, -0.1) is 0 Å². The maximum Gasteiger partial charge on any atom is 0.122 e. The summed E-state index contributed by atoms with van der Waals surface area (Å²) in [4.78, 5) is 2.29. The zero-order valence-corrected chi connectivity index (χ0v) is 11.3. The van der Waals surface area contributed by atoms with E-state index in [0.29, 0.717) is 5.92 Å². The van der Waals surface area contributed by atoms with Crippen LogP contribution in [0.5, 0.6) is 0 Å². The van der Waals surface area contributed by atoms with Crippen LogP contribution in [0, 0.1) is 5.92 Å². The van der Waals surface area contributed by atoms with E-state index in [0.717, 1.165) is 25.5 Å². The molecule has 1 aromatic heterocycles. The second-order valence-corrected chi connectivity index (χ2v) is 5.34. The molecule has 102 valence electrons. The van der Waals surface area contributed by atoms with Crippen molar-refractivity contribution in [3.63, 3.8) is 0 Å². The number of hydrogen-bond acceptors (Lipinski definition) is 4. The first-order valence-corrected chi connectivity index (χ1v) is 6.75. The second-order valence-electron chi connectivity index (χ2n) is 5.34. The monoisotopic (exact) mass is 252 g/mol. The number of ether oxygens (including phenoxy) is 1. The Bertz CT molecular complexity index is 332. The third kappa shape index (κ3) is 3.34. The van der Waals surface area contributed by atoms with Crippen LogP contribution >= 0.6 is 0 Å². The fourth-order valence-electron chi connectivity index (χ4n) is 2.81. The van der Waals surface area contributed by atoms with Crippen molar-refractivity contribution >= 4 is 0 Å². The Balaban J connectivity index is 1.97. The van der Waals surface area contributed by atoms with Gasteiger partial charge in [0.25, 0.3) is 0 Å². The molecule has 3 unspecified atom stereocenters. The highest BCUT2D eigenvalue weighted by molar-refractivity contribution is 5.07. The van der Waals surface area contributed by atoms with Gasteiger partial charge >= 0.3 is 0 Å². The van der Waals surface area contributed by atoms with Crippen molar-refractivity contribution in [2.24, 2.45) is 11.7 Å². The highest BCUT2D eigenvalue weighted by Crippen LogP contribution is 2.25. The quantitative estimate of drug-likeness (QED) is 0.871. The SMILES string of the molecule is CC(N)C(c1ccco1)N(C)CC1CCCOC1. The van der Waals surface area contributed by atoms with Crippen LogP contribution in [0.1, 0.15) is 31.6 Å². The molecule has 2 rings (SSSR count). The third-order valence-electron chi connectivity index (χ3n) is 3.61. The van der Waals surface area contributed by atoms with E-state index in [4.69, 9.17) is 14.9 Å². The lowest BCUT2D eigenvalue weighted by Gasteiger charge is -2.33. The molecule has 1 aromatic rings. The molecule has 0 radical (unpaired) electrons. The van der Waals surface area contributed by atoms with Crippen molar-refractivity contribution in [2.75, 3.05) is 26.8 Å². The number of rotatable bonds is 5. The van der Waals surface area contributed by atoms with Crippen LogP contribution in [-0.2, 0) is 4.74 Å². The minimum absolute atomic E-state index is 0.0469. The van der Waals surface area contributed by atoms with Gasteiger partial charge in [0.15, 0.2) is 0 Å². The Kier molecular flexibility index (Phi) is 4.80.